The molecule has 1 aliphatic heterocycles. The minimum atomic E-state index is -0.871. The lowest BCUT2D eigenvalue weighted by atomic mass is 9.82. The minimum absolute atomic E-state index is 0.0116. The zero-order valence-electron chi connectivity index (χ0n) is 25.4. The summed E-state index contributed by atoms with van der Waals surface area (Å²) >= 11 is 0. The highest BCUT2D eigenvalue weighted by atomic mass is 16.7. The van der Waals surface area contributed by atoms with Crippen molar-refractivity contribution in [2.45, 2.75) is 72.9 Å². The molecule has 0 radical (unpaired) electrons. The van der Waals surface area contributed by atoms with Crippen molar-refractivity contribution in [3.05, 3.63) is 48.1 Å². The average Bonchev–Trinajstić information content (AvgIpc) is 3.20. The van der Waals surface area contributed by atoms with Crippen molar-refractivity contribution in [1.29, 1.82) is 0 Å². The van der Waals surface area contributed by atoms with Gasteiger partial charge in [0.25, 0.3) is 11.8 Å². The summed E-state index contributed by atoms with van der Waals surface area (Å²) in [5, 5.41) is 6.38. The Morgan fingerprint density at radius 2 is 1.71 bits per heavy atom. The first-order chi connectivity index (χ1) is 19.0. The lowest BCUT2D eigenvalue weighted by molar-refractivity contribution is -0.194. The molecule has 226 valence electrons. The van der Waals surface area contributed by atoms with Gasteiger partial charge in [0.1, 0.15) is 12.3 Å². The predicted molar refractivity (Wildman–Crippen MR) is 155 cm³/mol. The third-order valence-corrected chi connectivity index (χ3v) is 6.46. The van der Waals surface area contributed by atoms with E-state index >= 15 is 0 Å². The summed E-state index contributed by atoms with van der Waals surface area (Å²) in [7, 11) is 3.20. The third-order valence-electron chi connectivity index (χ3n) is 6.46. The van der Waals surface area contributed by atoms with Crippen molar-refractivity contribution in [1.82, 2.24) is 20.6 Å². The van der Waals surface area contributed by atoms with Crippen molar-refractivity contribution < 1.29 is 33.6 Å². The molecule has 1 saturated heterocycles. The normalized spacial score (nSPS) is 16.4. The van der Waals surface area contributed by atoms with Crippen LogP contribution < -0.4 is 10.6 Å². The van der Waals surface area contributed by atoms with E-state index in [0.717, 1.165) is 0 Å². The maximum absolute atomic E-state index is 13.5. The number of rotatable bonds is 14. The molecule has 1 heterocycles. The van der Waals surface area contributed by atoms with Crippen LogP contribution in [0.5, 0.6) is 0 Å². The number of carbonyl (C=O) groups is 6. The van der Waals surface area contributed by atoms with Crippen molar-refractivity contribution in [2.24, 2.45) is 10.8 Å². The molecule has 0 bridgehead atoms. The molecule has 0 aliphatic carbocycles. The molecule has 0 aromatic carbocycles. The van der Waals surface area contributed by atoms with Gasteiger partial charge in [-0.15, -0.1) is 5.06 Å². The molecule has 11 heteroatoms. The Balaban J connectivity index is 3.04. The maximum atomic E-state index is 13.5. The minimum Gasteiger partial charge on any atom is -0.343 e. The van der Waals surface area contributed by atoms with Crippen molar-refractivity contribution in [3.8, 4) is 0 Å². The molecule has 1 aliphatic rings. The number of hydroxylamine groups is 2. The van der Waals surface area contributed by atoms with Crippen LogP contribution in [0.1, 0.15) is 60.8 Å². The van der Waals surface area contributed by atoms with Gasteiger partial charge >= 0.3 is 5.97 Å². The molecule has 0 aromatic heterocycles. The van der Waals surface area contributed by atoms with E-state index in [9.17, 15) is 28.8 Å². The number of nitrogens with one attached hydrogen (secondary N) is 2. The van der Waals surface area contributed by atoms with Gasteiger partial charge in [-0.2, -0.15) is 0 Å². The number of aldehydes is 1. The smallest absolute Gasteiger partial charge is 0.343 e. The van der Waals surface area contributed by atoms with Crippen LogP contribution >= 0.6 is 0 Å². The van der Waals surface area contributed by atoms with Gasteiger partial charge in [-0.1, -0.05) is 71.6 Å². The zero-order valence-corrected chi connectivity index (χ0v) is 25.4. The number of nitrogens with zero attached hydrogens (tertiary/aromatic N) is 2. The topological polar surface area (TPSA) is 142 Å². The molecular formula is C30H44N4O7. The van der Waals surface area contributed by atoms with Crippen molar-refractivity contribution in [2.75, 3.05) is 20.6 Å². The molecule has 2 N–H and O–H groups in total. The zero-order chi connectivity index (χ0) is 31.5. The second-order valence-corrected chi connectivity index (χ2v) is 11.8. The number of hydrogen-bond donors (Lipinski definition) is 2. The van der Waals surface area contributed by atoms with Gasteiger partial charge in [-0.25, -0.2) is 4.79 Å². The van der Waals surface area contributed by atoms with E-state index in [-0.39, 0.29) is 42.2 Å². The summed E-state index contributed by atoms with van der Waals surface area (Å²) in [5.74, 6) is -2.77. The predicted octanol–water partition coefficient (Wildman–Crippen LogP) is 2.40. The lowest BCUT2D eigenvalue weighted by Gasteiger charge is -2.34. The molecule has 1 fully saturated rings. The molecule has 0 aromatic rings. The van der Waals surface area contributed by atoms with Crippen LogP contribution in [0.15, 0.2) is 48.1 Å². The monoisotopic (exact) mass is 572 g/mol. The fraction of sp³-hybridized carbons (Fsp3) is 0.533. The van der Waals surface area contributed by atoms with Gasteiger partial charge < -0.3 is 20.4 Å². The number of likely N-dealkylation sites (N-methyl/N-ethyl adjacent to an activating group) is 2. The lowest BCUT2D eigenvalue weighted by Crippen LogP contribution is -2.57. The highest BCUT2D eigenvalue weighted by Crippen LogP contribution is 2.25. The van der Waals surface area contributed by atoms with Crippen LogP contribution in [0.4, 0.5) is 0 Å². The molecule has 41 heavy (non-hydrogen) atoms. The van der Waals surface area contributed by atoms with Crippen LogP contribution in [-0.4, -0.2) is 78.6 Å². The molecule has 0 spiro atoms. The second-order valence-electron chi connectivity index (χ2n) is 11.8. The molecule has 4 amide bonds. The number of amides is 4. The van der Waals surface area contributed by atoms with E-state index in [2.05, 4.69) is 17.2 Å². The van der Waals surface area contributed by atoms with Crippen LogP contribution in [0.3, 0.4) is 0 Å². The molecule has 2 unspecified atom stereocenters. The van der Waals surface area contributed by atoms with Gasteiger partial charge in [0, 0.05) is 43.0 Å². The Hall–Kier alpha value is -3.86. The van der Waals surface area contributed by atoms with E-state index in [0.29, 0.717) is 23.3 Å². The first-order valence-corrected chi connectivity index (χ1v) is 13.4. The highest BCUT2D eigenvalue weighted by Gasteiger charge is 2.36. The summed E-state index contributed by atoms with van der Waals surface area (Å²) in [6.45, 7) is 14.6. The Kier molecular flexibility index (Phi) is 13.1. The van der Waals surface area contributed by atoms with Gasteiger partial charge in [0.2, 0.25) is 11.8 Å². The number of hydrogen-bond acceptors (Lipinski definition) is 8. The van der Waals surface area contributed by atoms with E-state index < -0.39 is 35.3 Å². The molecule has 1 rings (SSSR count). The van der Waals surface area contributed by atoms with Crippen LogP contribution in [0, 0.1) is 10.8 Å². The van der Waals surface area contributed by atoms with E-state index in [1.165, 1.54) is 24.0 Å². The van der Waals surface area contributed by atoms with Gasteiger partial charge in [-0.05, 0) is 25.8 Å². The van der Waals surface area contributed by atoms with Gasteiger partial charge in [-0.3, -0.25) is 24.0 Å². The fourth-order valence-corrected chi connectivity index (χ4v) is 4.09. The summed E-state index contributed by atoms with van der Waals surface area (Å²) in [6.07, 6.45) is 8.97. The second kappa shape index (κ2) is 15.2. The SMILES string of the molecule is C=C/C(C=O)=C\C=C\C(C)(C)C(NC)C(=O)NC(CC(C)(C)C)C(=O)N(C)C/C=C(\C)C(=O)ON1C(=O)CCC1=O. The van der Waals surface area contributed by atoms with Crippen LogP contribution in [0.25, 0.3) is 0 Å². The fourth-order valence-electron chi connectivity index (χ4n) is 4.09. The summed E-state index contributed by atoms with van der Waals surface area (Å²) in [5.41, 5.74) is -0.480. The van der Waals surface area contributed by atoms with Crippen molar-refractivity contribution >= 4 is 35.9 Å². The summed E-state index contributed by atoms with van der Waals surface area (Å²) < 4.78 is 0. The highest BCUT2D eigenvalue weighted by molar-refractivity contribution is 6.02. The largest absolute Gasteiger partial charge is 0.359 e. The van der Waals surface area contributed by atoms with E-state index in [1.54, 1.807) is 32.3 Å². The van der Waals surface area contributed by atoms with Crippen molar-refractivity contribution in [3.63, 3.8) is 0 Å². The van der Waals surface area contributed by atoms with Crippen LogP contribution in [0.2, 0.25) is 0 Å². The van der Waals surface area contributed by atoms with Gasteiger partial charge in [0.05, 0.1) is 6.04 Å². The number of allylic oxidation sites excluding steroid dienone is 4. The first-order valence-electron chi connectivity index (χ1n) is 13.4. The standard InChI is InChI=1S/C30H44N4O7/c1-10-21(19-35)12-11-16-30(6,7)25(31-8)26(38)32-22(18-29(3,4)5)27(39)33(9)17-15-20(2)28(40)41-34-23(36)13-14-24(34)37/h10-12,15-16,19,22,25,31H,1,13-14,17-18H2,2-9H3,(H,32,38)/b16-11+,20-15+,21-12+. The quantitative estimate of drug-likeness (QED) is 0.140. The Morgan fingerprint density at radius 1 is 1.12 bits per heavy atom. The third kappa shape index (κ3) is 10.9. The Labute approximate surface area is 242 Å². The molecule has 0 saturated carbocycles. The first kappa shape index (κ1) is 35.2. The Morgan fingerprint density at radius 3 is 2.20 bits per heavy atom. The number of carbonyl (C=O) groups excluding carboxylic acids is 6. The van der Waals surface area contributed by atoms with E-state index in [4.69, 9.17) is 4.84 Å². The van der Waals surface area contributed by atoms with Gasteiger partial charge in [0.15, 0.2) is 0 Å². The van der Waals surface area contributed by atoms with Crippen LogP contribution in [-0.2, 0) is 33.6 Å². The molecular weight excluding hydrogens is 528 g/mol. The maximum Gasteiger partial charge on any atom is 0.359 e. The van der Waals surface area contributed by atoms with E-state index in [1.807, 2.05) is 34.6 Å². The molecule has 2 atom stereocenters. The average molecular weight is 573 g/mol. The number of imide groups is 1. The summed E-state index contributed by atoms with van der Waals surface area (Å²) in [6, 6.07) is -1.56. The Bertz CT molecular complexity index is 1100. The summed E-state index contributed by atoms with van der Waals surface area (Å²) in [4.78, 5) is 80.0. The molecule has 11 nitrogen and oxygen atoms in total.